The average Bonchev–Trinajstić information content (AvgIpc) is 3.39. The highest BCUT2D eigenvalue weighted by Gasteiger charge is 2.25. The lowest BCUT2D eigenvalue weighted by atomic mass is 9.93. The second kappa shape index (κ2) is 9.35. The van der Waals surface area contributed by atoms with Gasteiger partial charge in [-0.05, 0) is 53.6 Å². The molecule has 0 fully saturated rings. The summed E-state index contributed by atoms with van der Waals surface area (Å²) in [6.45, 7) is 1.86. The van der Waals surface area contributed by atoms with Crippen molar-refractivity contribution in [3.8, 4) is 11.1 Å². The summed E-state index contributed by atoms with van der Waals surface area (Å²) in [5.41, 5.74) is 4.38. The largest absolute Gasteiger partial charge is 0.348 e. The lowest BCUT2D eigenvalue weighted by Crippen LogP contribution is -2.29. The van der Waals surface area contributed by atoms with E-state index in [0.717, 1.165) is 26.2 Å². The molecule has 1 atom stereocenters. The van der Waals surface area contributed by atoms with Crippen LogP contribution in [0.25, 0.3) is 21.5 Å². The minimum absolute atomic E-state index is 0.116. The Kier molecular flexibility index (Phi) is 6.24. The summed E-state index contributed by atoms with van der Waals surface area (Å²) < 4.78 is 29.5. The van der Waals surface area contributed by atoms with Crippen LogP contribution in [0, 0.1) is 11.6 Å². The number of hydrogen-bond donors (Lipinski definition) is 2. The molecule has 0 bridgehead atoms. The first-order valence-corrected chi connectivity index (χ1v) is 12.8. The van der Waals surface area contributed by atoms with Crippen molar-refractivity contribution in [1.82, 2.24) is 20.6 Å². The van der Waals surface area contributed by atoms with E-state index in [0.29, 0.717) is 34.6 Å². The monoisotopic (exact) mass is 510 g/mol. The minimum atomic E-state index is -0.695. The molecule has 0 unspecified atom stereocenters. The predicted octanol–water partition coefficient (Wildman–Crippen LogP) is 5.02. The number of carbonyl (C=O) groups excluding carboxylic acids is 2. The number of thiazole rings is 1. The molecule has 2 N–H and O–H groups in total. The number of thioether (sulfide) groups is 1. The predicted molar refractivity (Wildman–Crippen MR) is 132 cm³/mol. The highest BCUT2D eigenvalue weighted by molar-refractivity contribution is 8.00. The molecular formula is C25H20F2N4O2S2. The van der Waals surface area contributed by atoms with Gasteiger partial charge in [-0.1, -0.05) is 23.9 Å². The summed E-state index contributed by atoms with van der Waals surface area (Å²) in [6, 6.07) is 10.2. The molecule has 2 amide bonds. The van der Waals surface area contributed by atoms with Crippen LogP contribution in [-0.2, 0) is 17.8 Å². The van der Waals surface area contributed by atoms with Crippen molar-refractivity contribution in [3.05, 3.63) is 76.5 Å². The number of nitrogens with zero attached hydrogens (tertiary/aromatic N) is 2. The molecule has 1 aliphatic rings. The Morgan fingerprint density at radius 3 is 2.63 bits per heavy atom. The van der Waals surface area contributed by atoms with Gasteiger partial charge in [-0.2, -0.15) is 0 Å². The number of hydrogen-bond acceptors (Lipinski definition) is 6. The number of fused-ring (bicyclic) bond motifs is 2. The molecule has 6 nitrogen and oxygen atoms in total. The van der Waals surface area contributed by atoms with Gasteiger partial charge in [0.05, 0.1) is 16.4 Å². The van der Waals surface area contributed by atoms with E-state index >= 15 is 0 Å². The molecule has 0 spiro atoms. The molecule has 0 radical (unpaired) electrons. The Labute approximate surface area is 208 Å². The maximum absolute atomic E-state index is 13.9. The third kappa shape index (κ3) is 4.76. The highest BCUT2D eigenvalue weighted by atomic mass is 32.2. The number of benzene rings is 2. The maximum atomic E-state index is 13.9. The Hall–Kier alpha value is -3.37. The van der Waals surface area contributed by atoms with Crippen molar-refractivity contribution in [1.29, 1.82) is 0 Å². The van der Waals surface area contributed by atoms with E-state index in [2.05, 4.69) is 15.6 Å². The second-order valence-corrected chi connectivity index (χ2v) is 10.3. The van der Waals surface area contributed by atoms with Gasteiger partial charge in [0.1, 0.15) is 11.6 Å². The summed E-state index contributed by atoms with van der Waals surface area (Å²) in [5.74, 6) is -1.84. The van der Waals surface area contributed by atoms with Gasteiger partial charge in [-0.25, -0.2) is 18.7 Å². The number of rotatable bonds is 6. The third-order valence-corrected chi connectivity index (χ3v) is 7.72. The molecule has 178 valence electrons. The zero-order chi connectivity index (χ0) is 24.7. The van der Waals surface area contributed by atoms with Crippen molar-refractivity contribution < 1.29 is 18.4 Å². The fraction of sp³-hybridized carbons (Fsp3) is 0.200. The summed E-state index contributed by atoms with van der Waals surface area (Å²) in [5, 5.41) is 5.70. The molecule has 3 heterocycles. The lowest BCUT2D eigenvalue weighted by molar-refractivity contribution is -0.119. The first kappa shape index (κ1) is 23.4. The van der Waals surface area contributed by atoms with Crippen LogP contribution in [0.4, 0.5) is 8.78 Å². The Bertz CT molecular complexity index is 1470. The summed E-state index contributed by atoms with van der Waals surface area (Å²) in [7, 11) is 0. The standard InChI is InChI=1S/C25H20F2N4O2S2/c1-12(32)29-20(7-13-5-16(26)9-17(27)6-13)22-18(10-21-23(30-22)31-25(34-2)35-21)14-3-4-15-11-28-24(33)19(15)8-14/h3-6,8-10,20H,7,11H2,1-2H3,(H,28,33)(H,29,32)/t20-/m0/s1. The topological polar surface area (TPSA) is 84.0 Å². The molecule has 2 aromatic heterocycles. The Morgan fingerprint density at radius 2 is 1.91 bits per heavy atom. The van der Waals surface area contributed by atoms with Gasteiger partial charge >= 0.3 is 0 Å². The molecule has 4 aromatic rings. The van der Waals surface area contributed by atoms with E-state index in [4.69, 9.17) is 4.98 Å². The quantitative estimate of drug-likeness (QED) is 0.356. The van der Waals surface area contributed by atoms with E-state index in [-0.39, 0.29) is 18.2 Å². The van der Waals surface area contributed by atoms with E-state index in [1.807, 2.05) is 30.5 Å². The van der Waals surface area contributed by atoms with Crippen molar-refractivity contribution in [2.45, 2.75) is 30.3 Å². The van der Waals surface area contributed by atoms with Gasteiger partial charge in [-0.3, -0.25) is 9.59 Å². The smallest absolute Gasteiger partial charge is 0.251 e. The third-order valence-electron chi connectivity index (χ3n) is 5.74. The van der Waals surface area contributed by atoms with Crippen LogP contribution < -0.4 is 10.6 Å². The van der Waals surface area contributed by atoms with Crippen LogP contribution in [0.1, 0.15) is 40.1 Å². The van der Waals surface area contributed by atoms with Crippen LogP contribution in [0.2, 0.25) is 0 Å². The first-order chi connectivity index (χ1) is 16.8. The number of pyridine rings is 1. The van der Waals surface area contributed by atoms with Gasteiger partial charge in [0.25, 0.3) is 5.91 Å². The van der Waals surface area contributed by atoms with Crippen LogP contribution in [0.3, 0.4) is 0 Å². The van der Waals surface area contributed by atoms with E-state index in [1.165, 1.54) is 42.2 Å². The van der Waals surface area contributed by atoms with Gasteiger partial charge in [0.15, 0.2) is 9.99 Å². The fourth-order valence-corrected chi connectivity index (χ4v) is 5.71. The molecule has 0 aliphatic carbocycles. The van der Waals surface area contributed by atoms with E-state index < -0.39 is 17.7 Å². The van der Waals surface area contributed by atoms with Crippen molar-refractivity contribution in [2.75, 3.05) is 6.26 Å². The fourth-order valence-electron chi connectivity index (χ4n) is 4.25. The molecule has 2 aromatic carbocycles. The normalized spacial score (nSPS) is 13.5. The van der Waals surface area contributed by atoms with Gasteiger partial charge in [0.2, 0.25) is 5.91 Å². The zero-order valence-electron chi connectivity index (χ0n) is 18.8. The number of aromatic nitrogens is 2. The van der Waals surface area contributed by atoms with E-state index in [9.17, 15) is 18.4 Å². The van der Waals surface area contributed by atoms with Crippen molar-refractivity contribution in [3.63, 3.8) is 0 Å². The number of nitrogens with one attached hydrogen (secondary N) is 2. The lowest BCUT2D eigenvalue weighted by Gasteiger charge is -2.21. The van der Waals surface area contributed by atoms with Crippen LogP contribution in [-0.4, -0.2) is 28.0 Å². The SMILES string of the molecule is CSc1nc2nc([C@H](Cc3cc(F)cc(F)c3)NC(C)=O)c(-c3ccc4c(c3)C(=O)NC4)cc2s1. The first-order valence-electron chi connectivity index (χ1n) is 10.8. The number of carbonyl (C=O) groups is 2. The summed E-state index contributed by atoms with van der Waals surface area (Å²) in [4.78, 5) is 33.8. The van der Waals surface area contributed by atoms with Crippen molar-refractivity contribution in [2.24, 2.45) is 0 Å². The molecule has 10 heteroatoms. The number of halogens is 2. The molecule has 1 aliphatic heterocycles. The summed E-state index contributed by atoms with van der Waals surface area (Å²) in [6.07, 6.45) is 2.04. The second-order valence-electron chi connectivity index (χ2n) is 8.22. The zero-order valence-corrected chi connectivity index (χ0v) is 20.4. The van der Waals surface area contributed by atoms with Crippen molar-refractivity contribution >= 4 is 45.3 Å². The highest BCUT2D eigenvalue weighted by Crippen LogP contribution is 2.36. The molecule has 0 saturated carbocycles. The number of amides is 2. The van der Waals surface area contributed by atoms with Gasteiger partial charge < -0.3 is 10.6 Å². The van der Waals surface area contributed by atoms with E-state index in [1.54, 1.807) is 0 Å². The van der Waals surface area contributed by atoms with Crippen LogP contribution in [0.15, 0.2) is 46.8 Å². The Balaban J connectivity index is 1.69. The molecule has 0 saturated heterocycles. The maximum Gasteiger partial charge on any atom is 0.251 e. The Morgan fingerprint density at radius 1 is 1.14 bits per heavy atom. The van der Waals surface area contributed by atoms with Gasteiger partial charge in [0, 0.05) is 30.7 Å². The van der Waals surface area contributed by atoms with Gasteiger partial charge in [-0.15, -0.1) is 11.3 Å². The van der Waals surface area contributed by atoms with Crippen LogP contribution in [0.5, 0.6) is 0 Å². The van der Waals surface area contributed by atoms with Crippen LogP contribution >= 0.6 is 23.1 Å². The summed E-state index contributed by atoms with van der Waals surface area (Å²) >= 11 is 3.00. The molecule has 35 heavy (non-hydrogen) atoms. The minimum Gasteiger partial charge on any atom is -0.348 e. The molecular weight excluding hydrogens is 490 g/mol. The molecule has 5 rings (SSSR count). The average molecular weight is 511 g/mol.